The summed E-state index contributed by atoms with van der Waals surface area (Å²) in [5, 5.41) is 0. The highest BCUT2D eigenvalue weighted by Crippen LogP contribution is 2.31. The minimum absolute atomic E-state index is 0.398. The van der Waals surface area contributed by atoms with Crippen LogP contribution in [0.5, 0.6) is 0 Å². The van der Waals surface area contributed by atoms with Gasteiger partial charge in [0.1, 0.15) is 0 Å². The van der Waals surface area contributed by atoms with Crippen LogP contribution in [0, 0.1) is 0 Å². The normalized spacial score (nSPS) is 20.2. The molecule has 0 aliphatic carbocycles. The summed E-state index contributed by atoms with van der Waals surface area (Å²) in [5.74, 6) is -0.804. The number of likely N-dealkylation sites (N-methyl/N-ethyl adjacent to an activating group) is 1. The van der Waals surface area contributed by atoms with Crippen molar-refractivity contribution in [2.24, 2.45) is 0 Å². The third-order valence-electron chi connectivity index (χ3n) is 4.17. The zero-order chi connectivity index (χ0) is 15.0. The van der Waals surface area contributed by atoms with E-state index in [0.29, 0.717) is 12.1 Å². The highest BCUT2D eigenvalue weighted by Gasteiger charge is 2.35. The van der Waals surface area contributed by atoms with Crippen LogP contribution in [0.1, 0.15) is 10.4 Å². The molecule has 1 fully saturated rings. The SMILES string of the molecule is CN1CCN(CCN2C(=O)C(=O)c3cc(Br)ccc32)CC1. The largest absolute Gasteiger partial charge is 0.304 e. The van der Waals surface area contributed by atoms with Gasteiger partial charge in [0.15, 0.2) is 0 Å². The first kappa shape index (κ1) is 14.7. The molecule has 3 rings (SSSR count). The van der Waals surface area contributed by atoms with E-state index in [-0.39, 0.29) is 0 Å². The fraction of sp³-hybridized carbons (Fsp3) is 0.467. The number of benzene rings is 1. The number of carbonyl (C=O) groups excluding carboxylic acids is 2. The van der Waals surface area contributed by atoms with Crippen molar-refractivity contribution in [3.63, 3.8) is 0 Å². The number of carbonyl (C=O) groups is 2. The van der Waals surface area contributed by atoms with Gasteiger partial charge in [-0.2, -0.15) is 0 Å². The molecule has 0 bridgehead atoms. The Morgan fingerprint density at radius 2 is 1.81 bits per heavy atom. The minimum atomic E-state index is -0.405. The van der Waals surface area contributed by atoms with Gasteiger partial charge in [-0.15, -0.1) is 0 Å². The summed E-state index contributed by atoms with van der Waals surface area (Å²) in [6.45, 7) is 5.51. The van der Waals surface area contributed by atoms with E-state index in [2.05, 4.69) is 32.8 Å². The second-order valence-electron chi connectivity index (χ2n) is 5.59. The lowest BCUT2D eigenvalue weighted by Crippen LogP contribution is -2.47. The second-order valence-corrected chi connectivity index (χ2v) is 6.51. The first-order chi connectivity index (χ1) is 10.1. The van der Waals surface area contributed by atoms with Crippen LogP contribution in [0.4, 0.5) is 5.69 Å². The molecule has 0 atom stereocenters. The van der Waals surface area contributed by atoms with Crippen molar-refractivity contribution in [2.45, 2.75) is 0 Å². The molecule has 1 aromatic rings. The summed E-state index contributed by atoms with van der Waals surface area (Å²) in [6, 6.07) is 5.44. The first-order valence-electron chi connectivity index (χ1n) is 7.13. The Kier molecular flexibility index (Phi) is 4.10. The van der Waals surface area contributed by atoms with Crippen LogP contribution < -0.4 is 4.90 Å². The van der Waals surface area contributed by atoms with Crippen LogP contribution in [0.15, 0.2) is 22.7 Å². The smallest absolute Gasteiger partial charge is 0.299 e. The average Bonchev–Trinajstić information content (AvgIpc) is 2.71. The van der Waals surface area contributed by atoms with Crippen LogP contribution in [0.25, 0.3) is 0 Å². The van der Waals surface area contributed by atoms with Crippen LogP contribution >= 0.6 is 15.9 Å². The molecule has 21 heavy (non-hydrogen) atoms. The number of rotatable bonds is 3. The minimum Gasteiger partial charge on any atom is -0.304 e. The van der Waals surface area contributed by atoms with E-state index in [1.807, 2.05) is 12.1 Å². The maximum Gasteiger partial charge on any atom is 0.299 e. The number of hydrogen-bond donors (Lipinski definition) is 0. The Balaban J connectivity index is 1.69. The van der Waals surface area contributed by atoms with Gasteiger partial charge in [0.05, 0.1) is 11.3 Å². The molecule has 0 spiro atoms. The molecular weight excluding hydrogens is 334 g/mol. The van der Waals surface area contributed by atoms with Crippen LogP contribution in [-0.2, 0) is 4.79 Å². The maximum atomic E-state index is 12.1. The van der Waals surface area contributed by atoms with Gasteiger partial charge >= 0.3 is 0 Å². The predicted octanol–water partition coefficient (Wildman–Crippen LogP) is 1.23. The lowest BCUT2D eigenvalue weighted by Gasteiger charge is -2.33. The fourth-order valence-corrected chi connectivity index (χ4v) is 3.17. The molecule has 0 N–H and O–H groups in total. The van der Waals surface area contributed by atoms with Gasteiger partial charge in [0.2, 0.25) is 0 Å². The standard InChI is InChI=1S/C15H18BrN3O2/c1-17-4-6-18(7-5-17)8-9-19-13-3-2-11(16)10-12(13)14(20)15(19)21/h2-3,10H,4-9H2,1H3. The van der Waals surface area contributed by atoms with Crippen LogP contribution in [-0.4, -0.2) is 67.8 Å². The molecule has 0 radical (unpaired) electrons. The van der Waals surface area contributed by atoms with Crippen molar-refractivity contribution in [1.29, 1.82) is 0 Å². The zero-order valence-electron chi connectivity index (χ0n) is 12.0. The Morgan fingerprint density at radius 1 is 1.10 bits per heavy atom. The van der Waals surface area contributed by atoms with E-state index in [1.54, 1.807) is 11.0 Å². The molecule has 0 unspecified atom stereocenters. The van der Waals surface area contributed by atoms with Crippen LogP contribution in [0.3, 0.4) is 0 Å². The van der Waals surface area contributed by atoms with Crippen molar-refractivity contribution in [2.75, 3.05) is 51.2 Å². The summed E-state index contributed by atoms with van der Waals surface area (Å²) in [5.41, 5.74) is 1.25. The molecule has 0 saturated carbocycles. The predicted molar refractivity (Wildman–Crippen MR) is 84.8 cm³/mol. The van der Waals surface area contributed by atoms with E-state index < -0.39 is 11.7 Å². The molecule has 5 nitrogen and oxygen atoms in total. The summed E-state index contributed by atoms with van der Waals surface area (Å²) in [6.07, 6.45) is 0. The number of amides is 1. The van der Waals surface area contributed by atoms with Gasteiger partial charge in [0, 0.05) is 43.7 Å². The highest BCUT2D eigenvalue weighted by atomic mass is 79.9. The third-order valence-corrected chi connectivity index (χ3v) is 4.66. The van der Waals surface area contributed by atoms with E-state index in [1.165, 1.54) is 0 Å². The zero-order valence-corrected chi connectivity index (χ0v) is 13.6. The van der Waals surface area contributed by atoms with Gasteiger partial charge in [-0.25, -0.2) is 0 Å². The molecule has 1 aromatic carbocycles. The van der Waals surface area contributed by atoms with Crippen molar-refractivity contribution < 1.29 is 9.59 Å². The summed E-state index contributed by atoms with van der Waals surface area (Å²) in [7, 11) is 2.12. The number of fused-ring (bicyclic) bond motifs is 1. The topological polar surface area (TPSA) is 43.9 Å². The second kappa shape index (κ2) is 5.87. The van der Waals surface area contributed by atoms with Gasteiger partial charge in [-0.1, -0.05) is 15.9 Å². The quantitative estimate of drug-likeness (QED) is 0.768. The van der Waals surface area contributed by atoms with Crippen molar-refractivity contribution in [1.82, 2.24) is 9.80 Å². The van der Waals surface area contributed by atoms with Crippen molar-refractivity contribution in [3.05, 3.63) is 28.2 Å². The molecule has 1 amide bonds. The molecule has 2 heterocycles. The van der Waals surface area contributed by atoms with E-state index in [0.717, 1.165) is 42.9 Å². The molecule has 0 aromatic heterocycles. The Morgan fingerprint density at radius 3 is 2.52 bits per heavy atom. The lowest BCUT2D eigenvalue weighted by molar-refractivity contribution is -0.114. The van der Waals surface area contributed by atoms with E-state index in [4.69, 9.17) is 0 Å². The molecule has 2 aliphatic heterocycles. The maximum absolute atomic E-state index is 12.1. The lowest BCUT2D eigenvalue weighted by atomic mass is 10.1. The number of hydrogen-bond acceptors (Lipinski definition) is 4. The molecule has 2 aliphatic rings. The number of Topliss-reactive ketones (excluding diaryl/α,β-unsaturated/α-hetero) is 1. The highest BCUT2D eigenvalue weighted by molar-refractivity contribution is 9.10. The van der Waals surface area contributed by atoms with E-state index in [9.17, 15) is 9.59 Å². The first-order valence-corrected chi connectivity index (χ1v) is 7.92. The number of piperazine rings is 1. The Bertz CT molecular complexity index is 582. The number of halogens is 1. The fourth-order valence-electron chi connectivity index (χ4n) is 2.81. The Labute approximate surface area is 132 Å². The molecule has 1 saturated heterocycles. The van der Waals surface area contributed by atoms with Gasteiger partial charge < -0.3 is 9.80 Å². The van der Waals surface area contributed by atoms with E-state index >= 15 is 0 Å². The number of nitrogens with zero attached hydrogens (tertiary/aromatic N) is 3. The number of anilines is 1. The Hall–Kier alpha value is -1.24. The van der Waals surface area contributed by atoms with Gasteiger partial charge in [-0.3, -0.25) is 14.5 Å². The van der Waals surface area contributed by atoms with Crippen molar-refractivity contribution >= 4 is 33.3 Å². The third kappa shape index (κ3) is 2.88. The molecule has 112 valence electrons. The van der Waals surface area contributed by atoms with Gasteiger partial charge in [0.25, 0.3) is 11.7 Å². The van der Waals surface area contributed by atoms with Crippen molar-refractivity contribution in [3.8, 4) is 0 Å². The van der Waals surface area contributed by atoms with Crippen LogP contribution in [0.2, 0.25) is 0 Å². The van der Waals surface area contributed by atoms with Gasteiger partial charge in [-0.05, 0) is 25.2 Å². The average molecular weight is 352 g/mol. The number of ketones is 1. The monoisotopic (exact) mass is 351 g/mol. The molecular formula is C15H18BrN3O2. The summed E-state index contributed by atoms with van der Waals surface area (Å²) >= 11 is 3.34. The summed E-state index contributed by atoms with van der Waals surface area (Å²) in [4.78, 5) is 30.4. The summed E-state index contributed by atoms with van der Waals surface area (Å²) < 4.78 is 0.823. The molecule has 6 heteroatoms.